The van der Waals surface area contributed by atoms with Crippen molar-refractivity contribution >= 4 is 45.3 Å². The van der Waals surface area contributed by atoms with E-state index in [4.69, 9.17) is 16.3 Å². The van der Waals surface area contributed by atoms with E-state index in [0.717, 1.165) is 16.1 Å². The summed E-state index contributed by atoms with van der Waals surface area (Å²) >= 11 is 5.94. The van der Waals surface area contributed by atoms with Crippen LogP contribution in [0.3, 0.4) is 0 Å². The molecule has 0 saturated carbocycles. The summed E-state index contributed by atoms with van der Waals surface area (Å²) in [5.74, 6) is -0.378. The van der Waals surface area contributed by atoms with Crippen molar-refractivity contribution in [2.24, 2.45) is 5.10 Å². The fraction of sp³-hybridized carbons (Fsp3) is 0.192. The normalized spacial score (nSPS) is 12.1. The molecule has 0 fully saturated rings. The largest absolute Gasteiger partial charge is 0.484 e. The third-order valence-electron chi connectivity index (χ3n) is 5.11. The van der Waals surface area contributed by atoms with E-state index in [1.165, 1.54) is 12.3 Å². The van der Waals surface area contributed by atoms with Gasteiger partial charge in [-0.25, -0.2) is 13.8 Å². The highest BCUT2D eigenvalue weighted by Crippen LogP contribution is 2.21. The summed E-state index contributed by atoms with van der Waals surface area (Å²) < 4.78 is 30.8. The monoisotopic (exact) mass is 542 g/mol. The molecule has 1 atom stereocenters. The van der Waals surface area contributed by atoms with Gasteiger partial charge in [-0.15, -0.1) is 0 Å². The minimum Gasteiger partial charge on any atom is -0.484 e. The lowest BCUT2D eigenvalue weighted by atomic mass is 10.1. The molecule has 0 radical (unpaired) electrons. The third-order valence-corrected chi connectivity index (χ3v) is 6.49. The molecule has 11 heteroatoms. The standard InChI is InChI=1S/C26H27ClN4O5S/c1-19(21-7-4-3-5-8-21)29-26(33)18-36-24-13-11-20(12-14-24)16-28-30-25(32)17-31(37(2,34)35)23-10-6-9-22(27)15-23/h3-16,19H,17-18H2,1-2H3,(H,29,33)(H,30,32)/b28-16-/t19-/m1/s1. The smallest absolute Gasteiger partial charge is 0.260 e. The van der Waals surface area contributed by atoms with E-state index in [1.807, 2.05) is 37.3 Å². The molecule has 37 heavy (non-hydrogen) atoms. The van der Waals surface area contributed by atoms with Gasteiger partial charge in [0.05, 0.1) is 24.2 Å². The number of halogens is 1. The van der Waals surface area contributed by atoms with E-state index in [1.54, 1.807) is 42.5 Å². The second kappa shape index (κ2) is 12.9. The fourth-order valence-electron chi connectivity index (χ4n) is 3.28. The molecule has 0 heterocycles. The summed E-state index contributed by atoms with van der Waals surface area (Å²) in [5, 5.41) is 7.10. The molecule has 3 aromatic rings. The second-order valence-corrected chi connectivity index (χ2v) is 10.4. The number of nitrogens with one attached hydrogen (secondary N) is 2. The Balaban J connectivity index is 1.48. The summed E-state index contributed by atoms with van der Waals surface area (Å²) in [5.41, 5.74) is 4.24. The summed E-state index contributed by atoms with van der Waals surface area (Å²) in [4.78, 5) is 24.5. The van der Waals surface area contributed by atoms with Gasteiger partial charge in [0.1, 0.15) is 12.3 Å². The van der Waals surface area contributed by atoms with Gasteiger partial charge in [0, 0.05) is 5.02 Å². The highest BCUT2D eigenvalue weighted by molar-refractivity contribution is 7.92. The minimum atomic E-state index is -3.72. The van der Waals surface area contributed by atoms with E-state index in [0.29, 0.717) is 16.3 Å². The number of amides is 2. The number of nitrogens with zero attached hydrogens (tertiary/aromatic N) is 2. The van der Waals surface area contributed by atoms with Crippen LogP contribution in [0.2, 0.25) is 5.02 Å². The Morgan fingerprint density at radius 1 is 1.03 bits per heavy atom. The van der Waals surface area contributed by atoms with Gasteiger partial charge in [0.25, 0.3) is 11.8 Å². The summed E-state index contributed by atoms with van der Waals surface area (Å²) in [6.07, 6.45) is 2.40. The van der Waals surface area contributed by atoms with E-state index in [9.17, 15) is 18.0 Å². The summed E-state index contributed by atoms with van der Waals surface area (Å²) in [6.45, 7) is 1.30. The van der Waals surface area contributed by atoms with Gasteiger partial charge in [-0.3, -0.25) is 13.9 Å². The van der Waals surface area contributed by atoms with Gasteiger partial charge in [-0.2, -0.15) is 5.10 Å². The maximum Gasteiger partial charge on any atom is 0.260 e. The summed E-state index contributed by atoms with van der Waals surface area (Å²) in [7, 11) is -3.72. The molecular formula is C26H27ClN4O5S. The highest BCUT2D eigenvalue weighted by atomic mass is 35.5. The number of hydrogen-bond donors (Lipinski definition) is 2. The van der Waals surface area contributed by atoms with Gasteiger partial charge in [0.15, 0.2) is 6.61 Å². The first-order valence-electron chi connectivity index (χ1n) is 11.2. The lowest BCUT2D eigenvalue weighted by molar-refractivity contribution is -0.123. The molecular weight excluding hydrogens is 516 g/mol. The van der Waals surface area contributed by atoms with E-state index < -0.39 is 22.5 Å². The SMILES string of the molecule is C[C@@H](NC(=O)COc1ccc(/C=N\NC(=O)CN(c2cccc(Cl)c2)S(C)(=O)=O)cc1)c1ccccc1. The van der Waals surface area contributed by atoms with Gasteiger partial charge < -0.3 is 10.1 Å². The second-order valence-electron chi connectivity index (χ2n) is 8.10. The first-order chi connectivity index (χ1) is 17.6. The molecule has 0 bridgehead atoms. The molecule has 0 aliphatic heterocycles. The van der Waals surface area contributed by atoms with Crippen LogP contribution in [0.4, 0.5) is 5.69 Å². The average Bonchev–Trinajstić information content (AvgIpc) is 2.86. The first kappa shape index (κ1) is 27.7. The van der Waals surface area contributed by atoms with Gasteiger partial charge >= 0.3 is 0 Å². The number of rotatable bonds is 11. The van der Waals surface area contributed by atoms with Crippen molar-refractivity contribution in [1.82, 2.24) is 10.7 Å². The Morgan fingerprint density at radius 2 is 1.73 bits per heavy atom. The number of benzene rings is 3. The van der Waals surface area contributed by atoms with Crippen molar-refractivity contribution < 1.29 is 22.7 Å². The van der Waals surface area contributed by atoms with Crippen LogP contribution < -0.4 is 19.8 Å². The Labute approximate surface area is 221 Å². The summed E-state index contributed by atoms with van der Waals surface area (Å²) in [6, 6.07) is 22.4. The molecule has 0 spiro atoms. The van der Waals surface area contributed by atoms with Crippen LogP contribution in [-0.2, 0) is 19.6 Å². The maximum atomic E-state index is 12.3. The van der Waals surface area contributed by atoms with Gasteiger partial charge in [-0.1, -0.05) is 48.0 Å². The Kier molecular flexibility index (Phi) is 9.64. The molecule has 3 aromatic carbocycles. The van der Waals surface area contributed by atoms with Crippen molar-refractivity contribution in [3.63, 3.8) is 0 Å². The number of carbonyl (C=O) groups excluding carboxylic acids is 2. The van der Waals surface area contributed by atoms with E-state index in [2.05, 4.69) is 15.8 Å². The van der Waals surface area contributed by atoms with Crippen molar-refractivity contribution in [3.05, 3.63) is 95.0 Å². The lowest BCUT2D eigenvalue weighted by Crippen LogP contribution is -2.39. The zero-order chi connectivity index (χ0) is 26.8. The van der Waals surface area contributed by atoms with Crippen LogP contribution >= 0.6 is 11.6 Å². The molecule has 194 valence electrons. The Bertz CT molecular complexity index is 1350. The molecule has 0 aliphatic carbocycles. The fourth-order valence-corrected chi connectivity index (χ4v) is 4.32. The van der Waals surface area contributed by atoms with Crippen LogP contribution in [0.5, 0.6) is 5.75 Å². The molecule has 9 nitrogen and oxygen atoms in total. The predicted molar refractivity (Wildman–Crippen MR) is 144 cm³/mol. The van der Waals surface area contributed by atoms with E-state index in [-0.39, 0.29) is 24.2 Å². The quantitative estimate of drug-likeness (QED) is 0.284. The van der Waals surface area contributed by atoms with Crippen molar-refractivity contribution in [1.29, 1.82) is 0 Å². The van der Waals surface area contributed by atoms with Crippen LogP contribution in [0, 0.1) is 0 Å². The van der Waals surface area contributed by atoms with Crippen molar-refractivity contribution in [3.8, 4) is 5.75 Å². The van der Waals surface area contributed by atoms with Crippen LogP contribution in [-0.4, -0.2) is 45.9 Å². The number of anilines is 1. The molecule has 0 aliphatic rings. The number of hydrazone groups is 1. The molecule has 3 rings (SSSR count). The third kappa shape index (κ3) is 8.93. The number of hydrogen-bond acceptors (Lipinski definition) is 6. The molecule has 0 aromatic heterocycles. The van der Waals surface area contributed by atoms with E-state index >= 15 is 0 Å². The van der Waals surface area contributed by atoms with Gasteiger partial charge in [-0.05, 0) is 60.5 Å². The molecule has 0 saturated heterocycles. The first-order valence-corrected chi connectivity index (χ1v) is 13.5. The molecule has 2 amide bonds. The maximum absolute atomic E-state index is 12.3. The van der Waals surface area contributed by atoms with Gasteiger partial charge in [0.2, 0.25) is 10.0 Å². The Hall–Kier alpha value is -3.89. The van der Waals surface area contributed by atoms with Crippen LogP contribution in [0.15, 0.2) is 84.0 Å². The van der Waals surface area contributed by atoms with Crippen molar-refractivity contribution in [2.45, 2.75) is 13.0 Å². The average molecular weight is 543 g/mol. The zero-order valence-electron chi connectivity index (χ0n) is 20.3. The molecule has 0 unspecified atom stereocenters. The lowest BCUT2D eigenvalue weighted by Gasteiger charge is -2.21. The van der Waals surface area contributed by atoms with Crippen LogP contribution in [0.1, 0.15) is 24.1 Å². The molecule has 2 N–H and O–H groups in total. The topological polar surface area (TPSA) is 117 Å². The predicted octanol–water partition coefficient (Wildman–Crippen LogP) is 3.51. The van der Waals surface area contributed by atoms with Crippen molar-refractivity contribution in [2.75, 3.05) is 23.7 Å². The minimum absolute atomic E-state index is 0.135. The Morgan fingerprint density at radius 3 is 2.38 bits per heavy atom. The number of sulfonamides is 1. The zero-order valence-corrected chi connectivity index (χ0v) is 21.9. The number of carbonyl (C=O) groups is 2. The van der Waals surface area contributed by atoms with Crippen LogP contribution in [0.25, 0.3) is 0 Å². The highest BCUT2D eigenvalue weighted by Gasteiger charge is 2.21. The number of ether oxygens (including phenoxy) is 1.